The molecular weight excluding hydrogens is 474 g/mol. The molecule has 28 heavy (non-hydrogen) atoms. The SMILES string of the molecule is O=C1/C(=C/c2ccc(SCc3ccccc3)o2)SC(=S)N1c1ccc(Br)cc1. The summed E-state index contributed by atoms with van der Waals surface area (Å²) in [5, 5.41) is 0.818. The molecule has 1 fully saturated rings. The van der Waals surface area contributed by atoms with Crippen LogP contribution in [0.5, 0.6) is 0 Å². The highest BCUT2D eigenvalue weighted by Gasteiger charge is 2.33. The topological polar surface area (TPSA) is 33.5 Å². The fourth-order valence-corrected chi connectivity index (χ4v) is 4.99. The zero-order valence-electron chi connectivity index (χ0n) is 14.5. The van der Waals surface area contributed by atoms with Crippen LogP contribution >= 0.6 is 51.7 Å². The molecule has 0 bridgehead atoms. The van der Waals surface area contributed by atoms with E-state index in [1.807, 2.05) is 54.6 Å². The average molecular weight is 488 g/mol. The zero-order chi connectivity index (χ0) is 19.5. The number of hydrogen-bond donors (Lipinski definition) is 0. The lowest BCUT2D eigenvalue weighted by molar-refractivity contribution is -0.113. The number of nitrogens with zero attached hydrogens (tertiary/aromatic N) is 1. The van der Waals surface area contributed by atoms with Gasteiger partial charge in [0.15, 0.2) is 9.41 Å². The van der Waals surface area contributed by atoms with Crippen LogP contribution in [0.2, 0.25) is 0 Å². The third-order valence-electron chi connectivity index (χ3n) is 3.98. The van der Waals surface area contributed by atoms with Gasteiger partial charge in [0.2, 0.25) is 0 Å². The largest absolute Gasteiger partial charge is 0.450 e. The number of thiocarbonyl (C=S) groups is 1. The molecule has 7 heteroatoms. The average Bonchev–Trinajstić information content (AvgIpc) is 3.26. The van der Waals surface area contributed by atoms with Crippen molar-refractivity contribution < 1.29 is 9.21 Å². The number of furan rings is 1. The van der Waals surface area contributed by atoms with Crippen LogP contribution in [0.15, 0.2) is 85.6 Å². The molecule has 1 amide bonds. The quantitative estimate of drug-likeness (QED) is 0.226. The monoisotopic (exact) mass is 487 g/mol. The minimum absolute atomic E-state index is 0.132. The summed E-state index contributed by atoms with van der Waals surface area (Å²) in [6.07, 6.45) is 1.75. The van der Waals surface area contributed by atoms with Crippen molar-refractivity contribution in [3.05, 3.63) is 87.4 Å². The van der Waals surface area contributed by atoms with E-state index in [9.17, 15) is 4.79 Å². The van der Waals surface area contributed by atoms with Crippen molar-refractivity contribution in [3.63, 3.8) is 0 Å². The first-order valence-electron chi connectivity index (χ1n) is 8.40. The molecule has 0 saturated carbocycles. The van der Waals surface area contributed by atoms with Crippen molar-refractivity contribution in [2.45, 2.75) is 10.8 Å². The predicted octanol–water partition coefficient (Wildman–Crippen LogP) is 6.74. The Morgan fingerprint density at radius 3 is 2.57 bits per heavy atom. The number of carbonyl (C=O) groups is 1. The van der Waals surface area contributed by atoms with E-state index in [-0.39, 0.29) is 5.91 Å². The number of amides is 1. The minimum Gasteiger partial charge on any atom is -0.450 e. The summed E-state index contributed by atoms with van der Waals surface area (Å²) in [5.41, 5.74) is 1.99. The van der Waals surface area contributed by atoms with Gasteiger partial charge in [0.25, 0.3) is 5.91 Å². The molecule has 1 aliphatic rings. The van der Waals surface area contributed by atoms with Crippen LogP contribution in [0.1, 0.15) is 11.3 Å². The van der Waals surface area contributed by atoms with Gasteiger partial charge in [-0.2, -0.15) is 0 Å². The Hall–Kier alpha value is -1.80. The lowest BCUT2D eigenvalue weighted by Crippen LogP contribution is -2.27. The number of thioether (sulfide) groups is 2. The van der Waals surface area contributed by atoms with Gasteiger partial charge < -0.3 is 4.42 Å². The van der Waals surface area contributed by atoms with E-state index < -0.39 is 0 Å². The molecule has 4 rings (SSSR count). The maximum atomic E-state index is 12.8. The molecule has 2 aromatic carbocycles. The molecule has 0 N–H and O–H groups in total. The summed E-state index contributed by atoms with van der Waals surface area (Å²) in [4.78, 5) is 14.9. The van der Waals surface area contributed by atoms with Crippen molar-refractivity contribution in [3.8, 4) is 0 Å². The Balaban J connectivity index is 1.47. The number of rotatable bonds is 5. The molecule has 3 nitrogen and oxygen atoms in total. The van der Waals surface area contributed by atoms with Crippen LogP contribution in [-0.2, 0) is 10.5 Å². The Labute approximate surface area is 185 Å². The highest BCUT2D eigenvalue weighted by Crippen LogP contribution is 2.37. The standard InChI is InChI=1S/C21H14BrNO2S3/c22-15-6-8-16(9-7-15)23-20(24)18(28-21(23)26)12-17-10-11-19(25-17)27-13-14-4-2-1-3-5-14/h1-12H,13H2/b18-12-. The van der Waals surface area contributed by atoms with Gasteiger partial charge in [0.1, 0.15) is 5.76 Å². The van der Waals surface area contributed by atoms with E-state index in [2.05, 4.69) is 28.1 Å². The van der Waals surface area contributed by atoms with Crippen molar-refractivity contribution in [2.75, 3.05) is 4.90 Å². The smallest absolute Gasteiger partial charge is 0.270 e. The maximum Gasteiger partial charge on any atom is 0.270 e. The minimum atomic E-state index is -0.132. The summed E-state index contributed by atoms with van der Waals surface area (Å²) in [6.45, 7) is 0. The van der Waals surface area contributed by atoms with Gasteiger partial charge in [-0.1, -0.05) is 82.0 Å². The highest BCUT2D eigenvalue weighted by atomic mass is 79.9. The summed E-state index contributed by atoms with van der Waals surface area (Å²) >= 11 is 11.7. The number of anilines is 1. The van der Waals surface area contributed by atoms with Crippen LogP contribution in [0, 0.1) is 0 Å². The fraction of sp³-hybridized carbons (Fsp3) is 0.0476. The third-order valence-corrected chi connectivity index (χ3v) is 6.79. The van der Waals surface area contributed by atoms with Crippen molar-refractivity contribution in [1.29, 1.82) is 0 Å². The Morgan fingerprint density at radius 1 is 1.07 bits per heavy atom. The Morgan fingerprint density at radius 2 is 1.82 bits per heavy atom. The normalized spacial score (nSPS) is 15.6. The van der Waals surface area contributed by atoms with Gasteiger partial charge in [0, 0.05) is 16.3 Å². The van der Waals surface area contributed by atoms with Gasteiger partial charge in [-0.3, -0.25) is 9.69 Å². The first-order valence-corrected chi connectivity index (χ1v) is 11.4. The van der Waals surface area contributed by atoms with Gasteiger partial charge in [-0.05, 0) is 42.0 Å². The molecule has 140 valence electrons. The van der Waals surface area contributed by atoms with Crippen molar-refractivity contribution in [1.82, 2.24) is 0 Å². The lowest BCUT2D eigenvalue weighted by atomic mass is 10.2. The first-order chi connectivity index (χ1) is 13.6. The van der Waals surface area contributed by atoms with Crippen LogP contribution in [0.25, 0.3) is 6.08 Å². The summed E-state index contributed by atoms with van der Waals surface area (Å²) in [6, 6.07) is 21.5. The molecule has 0 atom stereocenters. The summed E-state index contributed by atoms with van der Waals surface area (Å²) in [7, 11) is 0. The van der Waals surface area contributed by atoms with Gasteiger partial charge in [-0.25, -0.2) is 0 Å². The lowest BCUT2D eigenvalue weighted by Gasteiger charge is -2.14. The second-order valence-electron chi connectivity index (χ2n) is 5.92. The first kappa shape index (κ1) is 19.5. The van der Waals surface area contributed by atoms with E-state index in [1.54, 1.807) is 22.7 Å². The summed E-state index contributed by atoms with van der Waals surface area (Å²) < 4.78 is 7.33. The number of benzene rings is 2. The molecule has 2 heterocycles. The van der Waals surface area contributed by atoms with Crippen LogP contribution in [0.4, 0.5) is 5.69 Å². The van der Waals surface area contributed by atoms with Crippen molar-refractivity contribution in [2.24, 2.45) is 0 Å². The second-order valence-corrected chi connectivity index (χ2v) is 9.50. The molecule has 0 spiro atoms. The third kappa shape index (κ3) is 4.43. The van der Waals surface area contributed by atoms with Gasteiger partial charge >= 0.3 is 0 Å². The zero-order valence-corrected chi connectivity index (χ0v) is 18.5. The highest BCUT2D eigenvalue weighted by molar-refractivity contribution is 9.10. The molecule has 3 aromatic rings. The number of hydrogen-bond acceptors (Lipinski definition) is 5. The Bertz CT molecular complexity index is 1050. The molecule has 1 aromatic heterocycles. The number of halogens is 1. The molecule has 0 unspecified atom stereocenters. The van der Waals surface area contributed by atoms with Crippen LogP contribution < -0.4 is 4.90 Å². The predicted molar refractivity (Wildman–Crippen MR) is 125 cm³/mol. The molecule has 0 aliphatic carbocycles. The van der Waals surface area contributed by atoms with E-state index in [0.29, 0.717) is 15.0 Å². The fourth-order valence-electron chi connectivity index (χ4n) is 2.63. The van der Waals surface area contributed by atoms with E-state index in [1.165, 1.54) is 17.3 Å². The summed E-state index contributed by atoms with van der Waals surface area (Å²) in [5.74, 6) is 1.35. The Kier molecular flexibility index (Phi) is 6.06. The molecular formula is C21H14BrNO2S3. The molecule has 0 radical (unpaired) electrons. The van der Waals surface area contributed by atoms with E-state index in [0.717, 1.165) is 21.0 Å². The van der Waals surface area contributed by atoms with Crippen LogP contribution in [0.3, 0.4) is 0 Å². The molecule has 1 aliphatic heterocycles. The molecule has 1 saturated heterocycles. The maximum absolute atomic E-state index is 12.8. The van der Waals surface area contributed by atoms with Gasteiger partial charge in [0.05, 0.1) is 10.6 Å². The van der Waals surface area contributed by atoms with Gasteiger partial charge in [-0.15, -0.1) is 0 Å². The second kappa shape index (κ2) is 8.69. The van der Waals surface area contributed by atoms with E-state index >= 15 is 0 Å². The van der Waals surface area contributed by atoms with Crippen LogP contribution in [-0.4, -0.2) is 10.2 Å². The van der Waals surface area contributed by atoms with Crippen molar-refractivity contribution >= 4 is 73.7 Å². The van der Waals surface area contributed by atoms with E-state index in [4.69, 9.17) is 16.6 Å². The number of carbonyl (C=O) groups excluding carboxylic acids is 1.